The van der Waals surface area contributed by atoms with E-state index in [1.165, 1.54) is 12.8 Å². The Kier molecular flexibility index (Phi) is 3.96. The van der Waals surface area contributed by atoms with Crippen molar-refractivity contribution in [2.24, 2.45) is 0 Å². The Morgan fingerprint density at radius 2 is 2.14 bits per heavy atom. The summed E-state index contributed by atoms with van der Waals surface area (Å²) in [7, 11) is 0. The van der Waals surface area contributed by atoms with Gasteiger partial charge in [0, 0.05) is 18.5 Å². The lowest BCUT2D eigenvalue weighted by Crippen LogP contribution is -2.17. The van der Waals surface area contributed by atoms with Gasteiger partial charge in [0.2, 0.25) is 0 Å². The fourth-order valence-corrected chi connectivity index (χ4v) is 2.89. The molecule has 0 unspecified atom stereocenters. The van der Waals surface area contributed by atoms with E-state index in [4.69, 9.17) is 9.15 Å². The van der Waals surface area contributed by atoms with Gasteiger partial charge in [-0.25, -0.2) is 0 Å². The first-order valence-corrected chi connectivity index (χ1v) is 6.62. The summed E-state index contributed by atoms with van der Waals surface area (Å²) < 4.78 is 11.6. The van der Waals surface area contributed by atoms with Gasteiger partial charge in [-0.1, -0.05) is 0 Å². The SMILES string of the molecule is Brc1ccc(CSC2CCOCC2)o1. The minimum Gasteiger partial charge on any atom is -0.453 e. The Morgan fingerprint density at radius 1 is 1.36 bits per heavy atom. The molecule has 2 nitrogen and oxygen atoms in total. The average Bonchev–Trinajstić information content (AvgIpc) is 2.63. The molecule has 1 saturated heterocycles. The zero-order valence-electron chi connectivity index (χ0n) is 7.87. The van der Waals surface area contributed by atoms with Crippen molar-refractivity contribution in [3.63, 3.8) is 0 Å². The Hall–Kier alpha value is 0.0700. The van der Waals surface area contributed by atoms with Crippen LogP contribution in [0.4, 0.5) is 0 Å². The maximum absolute atomic E-state index is 5.44. The van der Waals surface area contributed by atoms with Gasteiger partial charge >= 0.3 is 0 Å². The topological polar surface area (TPSA) is 22.4 Å². The number of hydrogen-bond acceptors (Lipinski definition) is 3. The van der Waals surface area contributed by atoms with Crippen LogP contribution < -0.4 is 0 Å². The van der Waals surface area contributed by atoms with Crippen LogP contribution >= 0.6 is 27.7 Å². The predicted molar refractivity (Wildman–Crippen MR) is 61.5 cm³/mol. The van der Waals surface area contributed by atoms with Crippen molar-refractivity contribution < 1.29 is 9.15 Å². The van der Waals surface area contributed by atoms with E-state index in [0.29, 0.717) is 0 Å². The third-order valence-corrected chi connectivity index (χ3v) is 4.08. The second-order valence-corrected chi connectivity index (χ2v) is 5.40. The molecule has 1 aromatic heterocycles. The van der Waals surface area contributed by atoms with Crippen LogP contribution in [-0.4, -0.2) is 18.5 Å². The lowest BCUT2D eigenvalue weighted by atomic mass is 10.2. The van der Waals surface area contributed by atoms with Gasteiger partial charge < -0.3 is 9.15 Å². The lowest BCUT2D eigenvalue weighted by molar-refractivity contribution is 0.1000. The summed E-state index contributed by atoms with van der Waals surface area (Å²) in [6, 6.07) is 3.97. The van der Waals surface area contributed by atoms with E-state index in [9.17, 15) is 0 Å². The van der Waals surface area contributed by atoms with Crippen LogP contribution in [0.3, 0.4) is 0 Å². The minimum absolute atomic E-state index is 0.743. The number of hydrogen-bond donors (Lipinski definition) is 0. The second kappa shape index (κ2) is 5.24. The molecule has 0 amide bonds. The highest BCUT2D eigenvalue weighted by atomic mass is 79.9. The molecular formula is C10H13BrO2S. The zero-order chi connectivity index (χ0) is 9.80. The minimum atomic E-state index is 0.743. The number of ether oxygens (including phenoxy) is 1. The summed E-state index contributed by atoms with van der Waals surface area (Å²) in [5.41, 5.74) is 0. The highest BCUT2D eigenvalue weighted by Crippen LogP contribution is 2.27. The first kappa shape index (κ1) is 10.6. The van der Waals surface area contributed by atoms with E-state index >= 15 is 0 Å². The van der Waals surface area contributed by atoms with Crippen LogP contribution in [0, 0.1) is 0 Å². The third-order valence-electron chi connectivity index (χ3n) is 2.26. The third kappa shape index (κ3) is 3.04. The standard InChI is InChI=1S/C10H13BrO2S/c11-10-2-1-8(13-10)7-14-9-3-5-12-6-4-9/h1-2,9H,3-7H2. The van der Waals surface area contributed by atoms with Gasteiger partial charge in [-0.15, -0.1) is 0 Å². The molecule has 0 aliphatic carbocycles. The van der Waals surface area contributed by atoms with Crippen LogP contribution in [-0.2, 0) is 10.5 Å². The van der Waals surface area contributed by atoms with Gasteiger partial charge in [0.1, 0.15) is 5.76 Å². The van der Waals surface area contributed by atoms with Gasteiger partial charge in [0.25, 0.3) is 0 Å². The van der Waals surface area contributed by atoms with Gasteiger partial charge in [-0.2, -0.15) is 11.8 Å². The molecule has 1 aromatic rings. The summed E-state index contributed by atoms with van der Waals surface area (Å²) in [4.78, 5) is 0. The number of rotatable bonds is 3. The smallest absolute Gasteiger partial charge is 0.169 e. The molecule has 0 saturated carbocycles. The van der Waals surface area contributed by atoms with Gasteiger partial charge in [0.05, 0.1) is 5.75 Å². The molecule has 1 aliphatic rings. The number of furan rings is 1. The van der Waals surface area contributed by atoms with E-state index in [1.807, 2.05) is 23.9 Å². The maximum atomic E-state index is 5.44. The monoisotopic (exact) mass is 276 g/mol. The van der Waals surface area contributed by atoms with Crippen LogP contribution in [0.15, 0.2) is 21.2 Å². The molecule has 4 heteroatoms. The highest BCUT2D eigenvalue weighted by Gasteiger charge is 2.14. The Balaban J connectivity index is 1.76. The summed E-state index contributed by atoms with van der Waals surface area (Å²) in [5, 5.41) is 0.743. The number of thioether (sulfide) groups is 1. The predicted octanol–water partition coefficient (Wildman–Crippen LogP) is 3.45. The quantitative estimate of drug-likeness (QED) is 0.845. The molecule has 0 radical (unpaired) electrons. The molecule has 78 valence electrons. The van der Waals surface area contributed by atoms with Crippen molar-refractivity contribution in [2.45, 2.75) is 23.8 Å². The average molecular weight is 277 g/mol. The highest BCUT2D eigenvalue weighted by molar-refractivity contribution is 9.10. The van der Waals surface area contributed by atoms with Crippen molar-refractivity contribution in [1.29, 1.82) is 0 Å². The number of halogens is 1. The van der Waals surface area contributed by atoms with Crippen molar-refractivity contribution in [1.82, 2.24) is 0 Å². The van der Waals surface area contributed by atoms with E-state index in [-0.39, 0.29) is 0 Å². The molecule has 0 bridgehead atoms. The second-order valence-electron chi connectivity index (χ2n) is 3.33. The zero-order valence-corrected chi connectivity index (χ0v) is 10.3. The van der Waals surface area contributed by atoms with Crippen molar-refractivity contribution in [3.05, 3.63) is 22.6 Å². The Labute approximate surface area is 96.5 Å². The van der Waals surface area contributed by atoms with Gasteiger partial charge in [-0.3, -0.25) is 0 Å². The van der Waals surface area contributed by atoms with Gasteiger partial charge in [-0.05, 0) is 40.9 Å². The first-order valence-electron chi connectivity index (χ1n) is 4.78. The fraction of sp³-hybridized carbons (Fsp3) is 0.600. The maximum Gasteiger partial charge on any atom is 0.169 e. The normalized spacial score (nSPS) is 18.6. The molecule has 2 heterocycles. The molecule has 0 spiro atoms. The summed E-state index contributed by atoms with van der Waals surface area (Å²) in [6.45, 7) is 1.83. The Bertz CT molecular complexity index is 281. The van der Waals surface area contributed by atoms with Gasteiger partial charge in [0.15, 0.2) is 4.67 Å². The van der Waals surface area contributed by atoms with E-state index in [2.05, 4.69) is 15.9 Å². The molecule has 0 aromatic carbocycles. The largest absolute Gasteiger partial charge is 0.453 e. The Morgan fingerprint density at radius 3 is 2.79 bits per heavy atom. The van der Waals surface area contributed by atoms with Crippen molar-refractivity contribution in [2.75, 3.05) is 13.2 Å². The fourth-order valence-electron chi connectivity index (χ4n) is 1.47. The summed E-state index contributed by atoms with van der Waals surface area (Å²) in [6.07, 6.45) is 2.35. The summed E-state index contributed by atoms with van der Waals surface area (Å²) in [5.74, 6) is 2.02. The molecule has 1 fully saturated rings. The first-order chi connectivity index (χ1) is 6.84. The van der Waals surface area contributed by atoms with E-state index in [0.717, 1.165) is 34.6 Å². The van der Waals surface area contributed by atoms with Crippen LogP contribution in [0.5, 0.6) is 0 Å². The summed E-state index contributed by atoms with van der Waals surface area (Å²) >= 11 is 5.27. The lowest BCUT2D eigenvalue weighted by Gasteiger charge is -2.20. The van der Waals surface area contributed by atoms with Crippen molar-refractivity contribution >= 4 is 27.7 Å². The van der Waals surface area contributed by atoms with Crippen LogP contribution in [0.2, 0.25) is 0 Å². The molecule has 0 atom stereocenters. The molecular weight excluding hydrogens is 264 g/mol. The molecule has 14 heavy (non-hydrogen) atoms. The molecule has 0 N–H and O–H groups in total. The van der Waals surface area contributed by atoms with Crippen LogP contribution in [0.1, 0.15) is 18.6 Å². The van der Waals surface area contributed by atoms with E-state index < -0.39 is 0 Å². The molecule has 2 rings (SSSR count). The van der Waals surface area contributed by atoms with Crippen molar-refractivity contribution in [3.8, 4) is 0 Å². The van der Waals surface area contributed by atoms with Crippen LogP contribution in [0.25, 0.3) is 0 Å². The van der Waals surface area contributed by atoms with E-state index in [1.54, 1.807) is 0 Å². The molecule has 1 aliphatic heterocycles.